The molecule has 82 valence electrons. The Hall–Kier alpha value is 1.30. The quantitative estimate of drug-likeness (QED) is 0.406. The Morgan fingerprint density at radius 1 is 0.917 bits per heavy atom. The van der Waals surface area contributed by atoms with Crippen molar-refractivity contribution in [1.82, 2.24) is 0 Å². The molecule has 0 aromatic carbocycles. The molecular formula is C2H4Ag2O6S2. The fraction of sp³-hybridized carbons (Fsp3) is 1.00. The van der Waals surface area contributed by atoms with Crippen molar-refractivity contribution < 1.29 is 70.7 Å². The van der Waals surface area contributed by atoms with Crippen molar-refractivity contribution in [3.63, 3.8) is 0 Å². The summed E-state index contributed by atoms with van der Waals surface area (Å²) in [7, 11) is -10.0. The van der Waals surface area contributed by atoms with Crippen molar-refractivity contribution in [1.29, 1.82) is 0 Å². The molecule has 0 rings (SSSR count). The largest absolute Gasteiger partial charge is 1.00 e. The van der Waals surface area contributed by atoms with Gasteiger partial charge in [-0.2, -0.15) is 0 Å². The molecule has 0 aliphatic heterocycles. The molecule has 0 unspecified atom stereocenters. The molecular weight excluding hydrogens is 400 g/mol. The van der Waals surface area contributed by atoms with E-state index in [1.54, 1.807) is 0 Å². The molecule has 0 aromatic rings. The van der Waals surface area contributed by atoms with Gasteiger partial charge in [-0.1, -0.05) is 0 Å². The van der Waals surface area contributed by atoms with Gasteiger partial charge in [0, 0.05) is 0 Å². The summed E-state index contributed by atoms with van der Waals surface area (Å²) in [5.74, 6) is 0. The second-order valence-electron chi connectivity index (χ2n) is 1.55. The van der Waals surface area contributed by atoms with Crippen molar-refractivity contribution >= 4 is 20.2 Å². The molecule has 0 bridgehead atoms. The zero-order valence-electron chi connectivity index (χ0n) is 5.45. The molecule has 0 aliphatic rings. The second kappa shape index (κ2) is 5.91. The normalized spacial score (nSPS) is 11.7. The summed E-state index contributed by atoms with van der Waals surface area (Å²) < 4.78 is 56.7. The smallest absolute Gasteiger partial charge is 0.747 e. The first kappa shape index (κ1) is 19.0. The first-order chi connectivity index (χ1) is 4.15. The van der Waals surface area contributed by atoms with Crippen molar-refractivity contribution in [2.75, 3.05) is 0 Å². The van der Waals surface area contributed by atoms with Gasteiger partial charge in [-0.25, -0.2) is 16.8 Å². The number of rotatable bonds is 2. The zero-order chi connectivity index (χ0) is 8.58. The fourth-order valence-corrected chi connectivity index (χ4v) is 1.30. The van der Waals surface area contributed by atoms with E-state index >= 15 is 0 Å². The number of hydrogen-bond donors (Lipinski definition) is 0. The van der Waals surface area contributed by atoms with Gasteiger partial charge in [0.25, 0.3) is 0 Å². The minimum atomic E-state index is -5.01. The molecule has 0 saturated heterocycles. The standard InChI is InChI=1S/C2H6O6S2.2Ag/c1-2(9(3,4)5)10(6,7)8;;/h2H,1H3,(H,3,4,5)(H,6,7,8);;/q;2*+1/p-2. The second-order valence-corrected chi connectivity index (χ2v) is 5.24. The van der Waals surface area contributed by atoms with Gasteiger partial charge in [-0.15, -0.1) is 0 Å². The molecule has 0 spiro atoms. The van der Waals surface area contributed by atoms with Crippen LogP contribution in [0.2, 0.25) is 0 Å². The van der Waals surface area contributed by atoms with Crippen LogP contribution in [0.4, 0.5) is 0 Å². The molecule has 0 amide bonds. The van der Waals surface area contributed by atoms with Crippen LogP contribution >= 0.6 is 0 Å². The Morgan fingerprint density at radius 2 is 1.08 bits per heavy atom. The van der Waals surface area contributed by atoms with E-state index in [4.69, 9.17) is 0 Å². The molecule has 0 fully saturated rings. The predicted molar refractivity (Wildman–Crippen MR) is 28.9 cm³/mol. The maximum absolute atomic E-state index is 9.84. The maximum Gasteiger partial charge on any atom is 1.00 e. The van der Waals surface area contributed by atoms with Crippen molar-refractivity contribution in [3.8, 4) is 0 Å². The van der Waals surface area contributed by atoms with E-state index < -0.39 is 24.8 Å². The van der Waals surface area contributed by atoms with E-state index in [0.717, 1.165) is 0 Å². The maximum atomic E-state index is 9.84. The molecule has 6 nitrogen and oxygen atoms in total. The third-order valence-electron chi connectivity index (χ3n) is 0.813. The molecule has 0 atom stereocenters. The van der Waals surface area contributed by atoms with Crippen molar-refractivity contribution in [2.45, 2.75) is 11.5 Å². The summed E-state index contributed by atoms with van der Waals surface area (Å²) in [6.07, 6.45) is 0. The van der Waals surface area contributed by atoms with Crippen LogP contribution < -0.4 is 0 Å². The molecule has 0 aromatic heterocycles. The third-order valence-corrected chi connectivity index (χ3v) is 3.85. The summed E-state index contributed by atoms with van der Waals surface area (Å²) in [6, 6.07) is 0. The van der Waals surface area contributed by atoms with Crippen LogP contribution in [0.3, 0.4) is 0 Å². The van der Waals surface area contributed by atoms with E-state index in [-0.39, 0.29) is 44.8 Å². The van der Waals surface area contributed by atoms with E-state index in [9.17, 15) is 25.9 Å². The van der Waals surface area contributed by atoms with Gasteiger partial charge in [-0.05, 0) is 6.92 Å². The predicted octanol–water partition coefficient (Wildman–Crippen LogP) is -1.58. The van der Waals surface area contributed by atoms with E-state index in [0.29, 0.717) is 6.92 Å². The average Bonchev–Trinajstić information content (AvgIpc) is 1.59. The van der Waals surface area contributed by atoms with Crippen LogP contribution in [-0.2, 0) is 65.0 Å². The van der Waals surface area contributed by atoms with Gasteiger partial charge < -0.3 is 9.11 Å². The Kier molecular flexibility index (Phi) is 9.34. The number of hydrogen-bond acceptors (Lipinski definition) is 6. The first-order valence-electron chi connectivity index (χ1n) is 2.05. The Morgan fingerprint density at radius 3 is 1.08 bits per heavy atom. The molecule has 10 heteroatoms. The third kappa shape index (κ3) is 6.78. The Balaban J connectivity index is -0.000000405. The van der Waals surface area contributed by atoms with Gasteiger partial charge in [0.05, 0.1) is 0 Å². The van der Waals surface area contributed by atoms with Crippen LogP contribution in [0.1, 0.15) is 6.92 Å². The summed E-state index contributed by atoms with van der Waals surface area (Å²) in [5, 5.41) is 0. The molecule has 12 heavy (non-hydrogen) atoms. The Labute approximate surface area is 102 Å². The van der Waals surface area contributed by atoms with Crippen LogP contribution in [0, 0.1) is 0 Å². The minimum absolute atomic E-state index is 0. The van der Waals surface area contributed by atoms with Gasteiger partial charge in [0.2, 0.25) is 0 Å². The van der Waals surface area contributed by atoms with E-state index in [1.165, 1.54) is 0 Å². The molecule has 0 heterocycles. The zero-order valence-corrected chi connectivity index (χ0v) is 10.0. The van der Waals surface area contributed by atoms with Gasteiger partial charge in [0.1, 0.15) is 24.8 Å². The minimum Gasteiger partial charge on any atom is -0.747 e. The Bertz CT molecular complexity index is 270. The topological polar surface area (TPSA) is 114 Å². The summed E-state index contributed by atoms with van der Waals surface area (Å²) in [4.78, 5) is 0. The van der Waals surface area contributed by atoms with Gasteiger partial charge in [0.15, 0.2) is 0 Å². The van der Waals surface area contributed by atoms with Crippen molar-refractivity contribution in [3.05, 3.63) is 0 Å². The summed E-state index contributed by atoms with van der Waals surface area (Å²) in [6.45, 7) is 0.532. The van der Waals surface area contributed by atoms with Crippen molar-refractivity contribution in [2.24, 2.45) is 0 Å². The molecule has 0 N–H and O–H groups in total. The van der Waals surface area contributed by atoms with Crippen LogP contribution in [0.15, 0.2) is 0 Å². The molecule has 0 saturated carbocycles. The van der Waals surface area contributed by atoms with E-state index in [1.807, 2.05) is 0 Å². The van der Waals surface area contributed by atoms with Crippen LogP contribution in [0.25, 0.3) is 0 Å². The van der Waals surface area contributed by atoms with Gasteiger partial charge >= 0.3 is 44.8 Å². The van der Waals surface area contributed by atoms with Crippen LogP contribution in [-0.4, -0.2) is 30.5 Å². The summed E-state index contributed by atoms with van der Waals surface area (Å²) in [5.41, 5.74) is 0. The fourth-order valence-electron chi connectivity index (χ4n) is 0.144. The SMILES string of the molecule is CC(S(=O)(=O)[O-])S(=O)(=O)[O-].[Ag+].[Ag+]. The van der Waals surface area contributed by atoms with E-state index in [2.05, 4.69) is 0 Å². The average molecular weight is 404 g/mol. The van der Waals surface area contributed by atoms with Crippen LogP contribution in [0.5, 0.6) is 0 Å². The molecule has 0 radical (unpaired) electrons. The monoisotopic (exact) mass is 402 g/mol. The molecule has 0 aliphatic carbocycles. The van der Waals surface area contributed by atoms with Gasteiger partial charge in [-0.3, -0.25) is 0 Å². The summed E-state index contributed by atoms with van der Waals surface area (Å²) >= 11 is 0. The first-order valence-corrected chi connectivity index (χ1v) is 4.99.